The first-order chi connectivity index (χ1) is 11.4. The van der Waals surface area contributed by atoms with Gasteiger partial charge in [0.05, 0.1) is 0 Å². The maximum absolute atomic E-state index is 3.10. The van der Waals surface area contributed by atoms with E-state index in [1.807, 2.05) is 0 Å². The number of rotatable bonds is 20. The maximum atomic E-state index is 3.10. The molecular weight excluding hydrogens is 343 g/mol. The summed E-state index contributed by atoms with van der Waals surface area (Å²) in [5.41, 5.74) is 0. The Labute approximate surface area is 156 Å². The van der Waals surface area contributed by atoms with Gasteiger partial charge in [0.15, 0.2) is 0 Å². The van der Waals surface area contributed by atoms with Gasteiger partial charge in [0, 0.05) is 0 Å². The summed E-state index contributed by atoms with van der Waals surface area (Å²) in [6, 6.07) is 0. The van der Waals surface area contributed by atoms with Gasteiger partial charge in [-0.05, 0) is 0 Å². The van der Waals surface area contributed by atoms with Crippen molar-refractivity contribution in [1.82, 2.24) is 0 Å². The minimum atomic E-state index is 1.25. The Balaban J connectivity index is 2.92. The molecule has 0 saturated carbocycles. The van der Waals surface area contributed by atoms with Crippen LogP contribution in [0.3, 0.4) is 0 Å². The molecule has 0 fully saturated rings. The van der Waals surface area contributed by atoms with Crippen molar-refractivity contribution in [3.8, 4) is 0 Å². The molecule has 0 aliphatic carbocycles. The van der Waals surface area contributed by atoms with Crippen molar-refractivity contribution in [3.63, 3.8) is 0 Å². The minimum absolute atomic E-state index is 1.25. The summed E-state index contributed by atoms with van der Waals surface area (Å²) in [7, 11) is 0. The molecule has 0 aliphatic rings. The van der Waals surface area contributed by atoms with Crippen LogP contribution in [-0.4, -0.2) is 16.0 Å². The predicted octanol–water partition coefficient (Wildman–Crippen LogP) is 8.40. The summed E-state index contributed by atoms with van der Waals surface area (Å²) < 4.78 is 0. The molecule has 0 aliphatic heterocycles. The van der Waals surface area contributed by atoms with Crippen LogP contribution in [0.2, 0.25) is 5.32 Å². The molecular formula is C22H45Se. The number of hydrogen-bond acceptors (Lipinski definition) is 0. The summed E-state index contributed by atoms with van der Waals surface area (Å²) in [5, 5.41) is 1.25. The third-order valence-corrected chi connectivity index (χ3v) is 5.60. The Morgan fingerprint density at radius 2 is 0.565 bits per heavy atom. The monoisotopic (exact) mass is 389 g/mol. The standard InChI is InChI=1S/C22H45Se/c1-2-3-4-5-6-7-8-9-10-11-12-13-14-15-16-17-18-19-20-21-22-23/h2-22H2,1H3. The van der Waals surface area contributed by atoms with Crippen LogP contribution in [0.1, 0.15) is 135 Å². The molecule has 139 valence electrons. The zero-order valence-corrected chi connectivity index (χ0v) is 18.0. The van der Waals surface area contributed by atoms with E-state index in [1.165, 1.54) is 134 Å². The van der Waals surface area contributed by atoms with E-state index < -0.39 is 0 Å². The summed E-state index contributed by atoms with van der Waals surface area (Å²) >= 11 is 3.10. The van der Waals surface area contributed by atoms with Crippen LogP contribution < -0.4 is 0 Å². The Bertz CT molecular complexity index is 170. The SMILES string of the molecule is CCCCCCCCCCCCCCCCCCCCCC[Se]. The van der Waals surface area contributed by atoms with E-state index in [2.05, 4.69) is 22.9 Å². The second kappa shape index (κ2) is 22.5. The Morgan fingerprint density at radius 3 is 0.783 bits per heavy atom. The fourth-order valence-electron chi connectivity index (χ4n) is 3.36. The fraction of sp³-hybridized carbons (Fsp3) is 1.00. The fourth-order valence-corrected chi connectivity index (χ4v) is 3.79. The number of hydrogen-bond donors (Lipinski definition) is 0. The Kier molecular flexibility index (Phi) is 23.0. The van der Waals surface area contributed by atoms with E-state index in [9.17, 15) is 0 Å². The molecule has 0 aromatic rings. The van der Waals surface area contributed by atoms with E-state index >= 15 is 0 Å². The average Bonchev–Trinajstić information content (AvgIpc) is 2.57. The van der Waals surface area contributed by atoms with Gasteiger partial charge < -0.3 is 0 Å². The van der Waals surface area contributed by atoms with Gasteiger partial charge in [0.1, 0.15) is 0 Å². The molecule has 0 amide bonds. The zero-order chi connectivity index (χ0) is 16.8. The second-order valence-corrected chi connectivity index (χ2v) is 8.28. The first-order valence-corrected chi connectivity index (χ1v) is 12.2. The van der Waals surface area contributed by atoms with Crippen molar-refractivity contribution in [2.75, 3.05) is 0 Å². The molecule has 1 radical (unpaired) electrons. The Morgan fingerprint density at radius 1 is 0.348 bits per heavy atom. The van der Waals surface area contributed by atoms with Crippen molar-refractivity contribution >= 4 is 16.0 Å². The van der Waals surface area contributed by atoms with Crippen molar-refractivity contribution in [3.05, 3.63) is 0 Å². The van der Waals surface area contributed by atoms with Crippen LogP contribution in [0, 0.1) is 0 Å². The summed E-state index contributed by atoms with van der Waals surface area (Å²) in [6.45, 7) is 2.30. The van der Waals surface area contributed by atoms with E-state index in [0.717, 1.165) is 0 Å². The van der Waals surface area contributed by atoms with Gasteiger partial charge in [-0.1, -0.05) is 64.7 Å². The van der Waals surface area contributed by atoms with Gasteiger partial charge in [0.25, 0.3) is 0 Å². The quantitative estimate of drug-likeness (QED) is 0.145. The van der Waals surface area contributed by atoms with E-state index in [-0.39, 0.29) is 0 Å². The van der Waals surface area contributed by atoms with E-state index in [0.29, 0.717) is 0 Å². The average molecular weight is 389 g/mol. The van der Waals surface area contributed by atoms with Gasteiger partial charge in [-0.15, -0.1) is 0 Å². The van der Waals surface area contributed by atoms with Crippen LogP contribution in [0.25, 0.3) is 0 Å². The molecule has 23 heavy (non-hydrogen) atoms. The molecule has 0 nitrogen and oxygen atoms in total. The van der Waals surface area contributed by atoms with Crippen molar-refractivity contribution in [2.45, 2.75) is 141 Å². The van der Waals surface area contributed by atoms with Gasteiger partial charge >= 0.3 is 92.0 Å². The third kappa shape index (κ3) is 22.5. The van der Waals surface area contributed by atoms with Crippen LogP contribution in [0.4, 0.5) is 0 Å². The molecule has 0 bridgehead atoms. The molecule has 0 N–H and O–H groups in total. The molecule has 0 aromatic carbocycles. The van der Waals surface area contributed by atoms with Crippen LogP contribution >= 0.6 is 0 Å². The number of unbranched alkanes of at least 4 members (excludes halogenated alkanes) is 19. The topological polar surface area (TPSA) is 0 Å². The molecule has 0 rings (SSSR count). The van der Waals surface area contributed by atoms with E-state index in [1.54, 1.807) is 0 Å². The van der Waals surface area contributed by atoms with Crippen molar-refractivity contribution in [1.29, 1.82) is 0 Å². The van der Waals surface area contributed by atoms with Crippen LogP contribution in [-0.2, 0) is 0 Å². The normalized spacial score (nSPS) is 11.2. The molecule has 0 heterocycles. The van der Waals surface area contributed by atoms with Crippen molar-refractivity contribution in [2.24, 2.45) is 0 Å². The van der Waals surface area contributed by atoms with E-state index in [4.69, 9.17) is 0 Å². The van der Waals surface area contributed by atoms with Gasteiger partial charge in [-0.3, -0.25) is 0 Å². The first-order valence-electron chi connectivity index (χ1n) is 11.0. The van der Waals surface area contributed by atoms with Crippen LogP contribution in [0.15, 0.2) is 0 Å². The molecule has 0 saturated heterocycles. The van der Waals surface area contributed by atoms with Gasteiger partial charge in [-0.25, -0.2) is 0 Å². The zero-order valence-electron chi connectivity index (χ0n) is 16.3. The molecule has 0 unspecified atom stereocenters. The molecule has 0 spiro atoms. The van der Waals surface area contributed by atoms with Crippen LogP contribution in [0.5, 0.6) is 0 Å². The molecule has 1 heteroatoms. The first kappa shape index (κ1) is 23.5. The summed E-state index contributed by atoms with van der Waals surface area (Å²) in [4.78, 5) is 0. The molecule has 0 atom stereocenters. The second-order valence-electron chi connectivity index (χ2n) is 7.42. The van der Waals surface area contributed by atoms with Gasteiger partial charge in [-0.2, -0.15) is 0 Å². The Hall–Kier alpha value is 0.519. The van der Waals surface area contributed by atoms with Gasteiger partial charge in [0.2, 0.25) is 0 Å². The summed E-state index contributed by atoms with van der Waals surface area (Å²) in [6.07, 6.45) is 29.4. The predicted molar refractivity (Wildman–Crippen MR) is 109 cm³/mol. The summed E-state index contributed by atoms with van der Waals surface area (Å²) in [5.74, 6) is 0. The third-order valence-electron chi connectivity index (χ3n) is 5.00. The molecule has 0 aromatic heterocycles. The van der Waals surface area contributed by atoms with Crippen molar-refractivity contribution < 1.29 is 0 Å².